The summed E-state index contributed by atoms with van der Waals surface area (Å²) in [7, 11) is 1.63. The van der Waals surface area contributed by atoms with Gasteiger partial charge in [0.15, 0.2) is 0 Å². The fourth-order valence-electron chi connectivity index (χ4n) is 2.30. The molecule has 0 saturated heterocycles. The Morgan fingerprint density at radius 1 is 1.10 bits per heavy atom. The van der Waals surface area contributed by atoms with Crippen molar-refractivity contribution in [2.45, 2.75) is 0 Å². The molecule has 0 fully saturated rings. The third kappa shape index (κ3) is 2.06. The maximum atomic E-state index is 6.27. The number of fused-ring (bicyclic) bond motifs is 1. The lowest BCUT2D eigenvalue weighted by molar-refractivity contribution is 0.417. The van der Waals surface area contributed by atoms with Crippen molar-refractivity contribution in [1.29, 1.82) is 0 Å². The van der Waals surface area contributed by atoms with E-state index in [4.69, 9.17) is 22.1 Å². The Labute approximate surface area is 122 Å². The predicted molar refractivity (Wildman–Crippen MR) is 83.2 cm³/mol. The highest BCUT2D eigenvalue weighted by atomic mass is 35.5. The number of hydrogen-bond acceptors (Lipinski definition) is 3. The van der Waals surface area contributed by atoms with Gasteiger partial charge in [0.1, 0.15) is 11.6 Å². The number of anilines is 1. The van der Waals surface area contributed by atoms with Crippen molar-refractivity contribution >= 4 is 28.2 Å². The number of hydrogen-bond donors (Lipinski definition) is 1. The zero-order valence-electron chi connectivity index (χ0n) is 10.9. The first-order valence-corrected chi connectivity index (χ1v) is 6.55. The van der Waals surface area contributed by atoms with Crippen LogP contribution >= 0.6 is 11.6 Å². The molecule has 0 aliphatic heterocycles. The van der Waals surface area contributed by atoms with E-state index in [0.717, 1.165) is 22.1 Å². The van der Waals surface area contributed by atoms with E-state index in [1.54, 1.807) is 19.4 Å². The Morgan fingerprint density at radius 3 is 2.45 bits per heavy atom. The third-order valence-corrected chi connectivity index (χ3v) is 3.58. The third-order valence-electron chi connectivity index (χ3n) is 3.27. The summed E-state index contributed by atoms with van der Waals surface area (Å²) < 4.78 is 5.48. The monoisotopic (exact) mass is 284 g/mol. The zero-order valence-corrected chi connectivity index (χ0v) is 11.7. The van der Waals surface area contributed by atoms with E-state index in [-0.39, 0.29) is 0 Å². The zero-order chi connectivity index (χ0) is 14.1. The van der Waals surface area contributed by atoms with Gasteiger partial charge >= 0.3 is 0 Å². The van der Waals surface area contributed by atoms with Gasteiger partial charge in [0, 0.05) is 17.3 Å². The molecule has 2 aromatic carbocycles. The highest BCUT2D eigenvalue weighted by Crippen LogP contribution is 2.39. The summed E-state index contributed by atoms with van der Waals surface area (Å²) in [5.74, 6) is 1.12. The van der Waals surface area contributed by atoms with Crippen molar-refractivity contribution < 1.29 is 4.74 Å². The normalized spacial score (nSPS) is 10.7. The molecule has 0 aliphatic carbocycles. The van der Waals surface area contributed by atoms with Crippen molar-refractivity contribution in [3.05, 3.63) is 53.7 Å². The summed E-state index contributed by atoms with van der Waals surface area (Å²) in [6.45, 7) is 0. The van der Waals surface area contributed by atoms with E-state index in [9.17, 15) is 0 Å². The van der Waals surface area contributed by atoms with Crippen LogP contribution in [0.3, 0.4) is 0 Å². The second-order valence-corrected chi connectivity index (χ2v) is 4.86. The first kappa shape index (κ1) is 12.8. The SMILES string of the molecule is COc1cc2ccccc2cc1-c1c(Cl)ccnc1N. The number of ether oxygens (including phenoxy) is 1. The van der Waals surface area contributed by atoms with Gasteiger partial charge in [0.25, 0.3) is 0 Å². The van der Waals surface area contributed by atoms with E-state index in [1.165, 1.54) is 0 Å². The molecular weight excluding hydrogens is 272 g/mol. The molecule has 0 bridgehead atoms. The fourth-order valence-corrected chi connectivity index (χ4v) is 2.56. The molecule has 3 rings (SSSR count). The lowest BCUT2D eigenvalue weighted by Crippen LogP contribution is -1.96. The minimum atomic E-state index is 0.395. The van der Waals surface area contributed by atoms with Crippen LogP contribution in [-0.4, -0.2) is 12.1 Å². The molecule has 100 valence electrons. The lowest BCUT2D eigenvalue weighted by Gasteiger charge is -2.13. The Morgan fingerprint density at radius 2 is 1.80 bits per heavy atom. The lowest BCUT2D eigenvalue weighted by atomic mass is 10.0. The minimum Gasteiger partial charge on any atom is -0.496 e. The number of rotatable bonds is 2. The molecule has 4 heteroatoms. The molecule has 0 saturated carbocycles. The van der Waals surface area contributed by atoms with Gasteiger partial charge in [0.05, 0.1) is 12.1 Å². The van der Waals surface area contributed by atoms with E-state index in [2.05, 4.69) is 4.98 Å². The maximum absolute atomic E-state index is 6.27. The molecule has 1 aromatic heterocycles. The van der Waals surface area contributed by atoms with Crippen LogP contribution in [0.5, 0.6) is 5.75 Å². The van der Waals surface area contributed by atoms with Gasteiger partial charge < -0.3 is 10.5 Å². The molecule has 0 spiro atoms. The molecular formula is C16H13ClN2O. The van der Waals surface area contributed by atoms with Gasteiger partial charge in [-0.2, -0.15) is 0 Å². The summed E-state index contributed by atoms with van der Waals surface area (Å²) >= 11 is 6.27. The van der Waals surface area contributed by atoms with Crippen molar-refractivity contribution in [2.24, 2.45) is 0 Å². The van der Waals surface area contributed by atoms with Gasteiger partial charge in [-0.1, -0.05) is 35.9 Å². The molecule has 1 heterocycles. The minimum absolute atomic E-state index is 0.395. The van der Waals surface area contributed by atoms with Gasteiger partial charge in [-0.25, -0.2) is 4.98 Å². The largest absolute Gasteiger partial charge is 0.496 e. The van der Waals surface area contributed by atoms with Crippen LogP contribution < -0.4 is 10.5 Å². The van der Waals surface area contributed by atoms with Crippen molar-refractivity contribution in [3.63, 3.8) is 0 Å². The average molecular weight is 285 g/mol. The topological polar surface area (TPSA) is 48.1 Å². The number of halogens is 1. The number of benzene rings is 2. The summed E-state index contributed by atoms with van der Waals surface area (Å²) in [5, 5.41) is 2.76. The second-order valence-electron chi connectivity index (χ2n) is 4.45. The van der Waals surface area contributed by atoms with E-state index in [1.807, 2.05) is 36.4 Å². The number of nitrogens with zero attached hydrogens (tertiary/aromatic N) is 1. The number of aromatic nitrogens is 1. The molecule has 20 heavy (non-hydrogen) atoms. The summed E-state index contributed by atoms with van der Waals surface area (Å²) in [6, 6.07) is 13.8. The highest BCUT2D eigenvalue weighted by Gasteiger charge is 2.14. The molecule has 0 amide bonds. The van der Waals surface area contributed by atoms with Crippen molar-refractivity contribution in [3.8, 4) is 16.9 Å². The fraction of sp³-hybridized carbons (Fsp3) is 0.0625. The van der Waals surface area contributed by atoms with Gasteiger partial charge in [-0.15, -0.1) is 0 Å². The molecule has 3 nitrogen and oxygen atoms in total. The van der Waals surface area contributed by atoms with Crippen LogP contribution in [0.2, 0.25) is 5.02 Å². The summed E-state index contributed by atoms with van der Waals surface area (Å²) in [6.07, 6.45) is 1.59. The summed E-state index contributed by atoms with van der Waals surface area (Å²) in [4.78, 5) is 4.11. The number of nitrogens with two attached hydrogens (primary N) is 1. The smallest absolute Gasteiger partial charge is 0.132 e. The Hall–Kier alpha value is -2.26. The standard InChI is InChI=1S/C16H13ClN2O/c1-20-14-9-11-5-3-2-4-10(11)8-12(14)15-13(17)6-7-19-16(15)18/h2-9H,1H3,(H2,18,19). The average Bonchev–Trinajstić information content (AvgIpc) is 2.46. The summed E-state index contributed by atoms with van der Waals surface area (Å²) in [5.41, 5.74) is 7.52. The van der Waals surface area contributed by atoms with Crippen LogP contribution in [0.1, 0.15) is 0 Å². The molecule has 0 unspecified atom stereocenters. The second kappa shape index (κ2) is 5.02. The van der Waals surface area contributed by atoms with E-state index < -0.39 is 0 Å². The van der Waals surface area contributed by atoms with E-state index >= 15 is 0 Å². The molecule has 0 atom stereocenters. The van der Waals surface area contributed by atoms with Crippen LogP contribution in [0.15, 0.2) is 48.7 Å². The maximum Gasteiger partial charge on any atom is 0.132 e. The Balaban J connectivity index is 2.35. The molecule has 3 aromatic rings. The van der Waals surface area contributed by atoms with Gasteiger partial charge in [-0.3, -0.25) is 0 Å². The van der Waals surface area contributed by atoms with Crippen LogP contribution in [0.4, 0.5) is 5.82 Å². The predicted octanol–water partition coefficient (Wildman–Crippen LogP) is 4.15. The van der Waals surface area contributed by atoms with Crippen LogP contribution in [-0.2, 0) is 0 Å². The molecule has 0 aliphatic rings. The quantitative estimate of drug-likeness (QED) is 0.769. The van der Waals surface area contributed by atoms with E-state index in [0.29, 0.717) is 16.4 Å². The van der Waals surface area contributed by atoms with Crippen molar-refractivity contribution in [1.82, 2.24) is 4.98 Å². The molecule has 2 N–H and O–H groups in total. The van der Waals surface area contributed by atoms with Crippen LogP contribution in [0, 0.1) is 0 Å². The number of methoxy groups -OCH3 is 1. The van der Waals surface area contributed by atoms with Crippen LogP contribution in [0.25, 0.3) is 21.9 Å². The van der Waals surface area contributed by atoms with Gasteiger partial charge in [-0.05, 0) is 29.0 Å². The first-order valence-electron chi connectivity index (χ1n) is 6.18. The number of nitrogen functional groups attached to an aromatic ring is 1. The Bertz CT molecular complexity index is 766. The Kier molecular flexibility index (Phi) is 3.20. The van der Waals surface area contributed by atoms with Gasteiger partial charge in [0.2, 0.25) is 0 Å². The molecule has 0 radical (unpaired) electrons. The number of pyridine rings is 1. The van der Waals surface area contributed by atoms with Crippen molar-refractivity contribution in [2.75, 3.05) is 12.8 Å². The highest BCUT2D eigenvalue weighted by molar-refractivity contribution is 6.34. The first-order chi connectivity index (χ1) is 9.70.